The van der Waals surface area contributed by atoms with Crippen LogP contribution in [0.15, 0.2) is 75.0 Å². The highest BCUT2D eigenvalue weighted by Crippen LogP contribution is 2.33. The Balaban J connectivity index is 1.90. The lowest BCUT2D eigenvalue weighted by molar-refractivity contribution is 0.404. The van der Waals surface area contributed by atoms with Crippen molar-refractivity contribution in [2.45, 2.75) is 0 Å². The van der Waals surface area contributed by atoms with E-state index < -0.39 is 0 Å². The molecule has 0 aliphatic heterocycles. The van der Waals surface area contributed by atoms with Crippen LogP contribution in [-0.4, -0.2) is 30.1 Å². The summed E-state index contributed by atoms with van der Waals surface area (Å²) in [7, 11) is 3.29. The predicted molar refractivity (Wildman–Crippen MR) is 118 cm³/mol. The number of hydrogen-bond acceptors (Lipinski definition) is 7. The molecule has 0 saturated heterocycles. The van der Waals surface area contributed by atoms with E-state index in [-0.39, 0.29) is 0 Å². The van der Waals surface area contributed by atoms with Crippen LogP contribution in [0.2, 0.25) is 0 Å². The smallest absolute Gasteiger partial charge is 0.211 e. The van der Waals surface area contributed by atoms with Gasteiger partial charge in [-0.05, 0) is 47.2 Å². The fourth-order valence-corrected chi connectivity index (χ4v) is 4.15. The minimum Gasteiger partial charge on any atom is -0.497 e. The topological polar surface area (TPSA) is 61.0 Å². The molecule has 4 aromatic rings. The van der Waals surface area contributed by atoms with Gasteiger partial charge in [0.15, 0.2) is 0 Å². The number of rotatable bonds is 6. The Morgan fingerprint density at radius 3 is 2.76 bits per heavy atom. The lowest BCUT2D eigenvalue weighted by atomic mass is 10.1. The van der Waals surface area contributed by atoms with Crippen LogP contribution in [0.25, 0.3) is 11.3 Å². The van der Waals surface area contributed by atoms with Crippen molar-refractivity contribution in [3.63, 3.8) is 0 Å². The molecule has 146 valence electrons. The van der Waals surface area contributed by atoms with Crippen molar-refractivity contribution in [3.05, 3.63) is 75.3 Å². The largest absolute Gasteiger partial charge is 0.497 e. The third kappa shape index (κ3) is 4.28. The van der Waals surface area contributed by atoms with Crippen molar-refractivity contribution in [2.75, 3.05) is 14.2 Å². The minimum atomic E-state index is 0.726. The van der Waals surface area contributed by atoms with Crippen molar-refractivity contribution in [1.82, 2.24) is 9.66 Å². The Labute approximate surface area is 176 Å². The highest BCUT2D eigenvalue weighted by atomic mass is 32.1. The molecule has 3 aromatic heterocycles. The predicted octanol–water partition coefficient (Wildman–Crippen LogP) is 4.80. The van der Waals surface area contributed by atoms with E-state index >= 15 is 0 Å². The quantitative estimate of drug-likeness (QED) is 0.419. The number of hydrogen-bond donors (Lipinski definition) is 0. The second kappa shape index (κ2) is 8.85. The van der Waals surface area contributed by atoms with E-state index in [1.807, 2.05) is 63.4 Å². The van der Waals surface area contributed by atoms with Gasteiger partial charge in [-0.1, -0.05) is 0 Å². The van der Waals surface area contributed by atoms with Gasteiger partial charge in [-0.25, -0.2) is 9.67 Å². The number of thiazole rings is 1. The van der Waals surface area contributed by atoms with Crippen molar-refractivity contribution in [2.24, 2.45) is 10.1 Å². The molecule has 0 N–H and O–H groups in total. The first-order valence-corrected chi connectivity index (χ1v) is 10.5. The number of thiophene rings is 1. The molecule has 29 heavy (non-hydrogen) atoms. The van der Waals surface area contributed by atoms with E-state index in [4.69, 9.17) is 19.6 Å². The average molecular weight is 423 g/mol. The number of aromatic nitrogens is 2. The molecular weight excluding hydrogens is 404 g/mol. The second-order valence-corrected chi connectivity index (χ2v) is 7.52. The van der Waals surface area contributed by atoms with Gasteiger partial charge < -0.3 is 9.47 Å². The van der Waals surface area contributed by atoms with Gasteiger partial charge in [0, 0.05) is 22.7 Å². The summed E-state index contributed by atoms with van der Waals surface area (Å²) in [5, 5.41) is 10.8. The standard InChI is InChI=1S/C21H18N4O2S2/c1-26-17-5-6-20(27-2)18(10-17)19-14-29-21(24-16-4-3-8-22-12-16)25(19)23-11-15-7-9-28-13-15/h3-14H,1-2H3. The molecule has 0 saturated carbocycles. The molecule has 3 heterocycles. The fourth-order valence-electron chi connectivity index (χ4n) is 2.69. The second-order valence-electron chi connectivity index (χ2n) is 5.91. The number of methoxy groups -OCH3 is 2. The molecule has 0 fully saturated rings. The SMILES string of the molecule is COc1ccc(OC)c(-c2csc(=Nc3cccnc3)n2N=Cc2ccsc2)c1. The van der Waals surface area contributed by atoms with Crippen molar-refractivity contribution >= 4 is 34.6 Å². The summed E-state index contributed by atoms with van der Waals surface area (Å²) >= 11 is 3.13. The Morgan fingerprint density at radius 1 is 1.10 bits per heavy atom. The van der Waals surface area contributed by atoms with Gasteiger partial charge in [-0.2, -0.15) is 16.4 Å². The van der Waals surface area contributed by atoms with Crippen LogP contribution in [0, 0.1) is 0 Å². The molecular formula is C21H18N4O2S2. The van der Waals surface area contributed by atoms with Crippen LogP contribution in [0.4, 0.5) is 5.69 Å². The molecule has 0 aliphatic carbocycles. The highest BCUT2D eigenvalue weighted by molar-refractivity contribution is 7.08. The number of nitrogens with zero attached hydrogens (tertiary/aromatic N) is 4. The van der Waals surface area contributed by atoms with E-state index in [9.17, 15) is 0 Å². The normalized spacial score (nSPS) is 11.9. The highest BCUT2D eigenvalue weighted by Gasteiger charge is 2.14. The number of benzene rings is 1. The summed E-state index contributed by atoms with van der Waals surface area (Å²) in [6.07, 6.45) is 5.27. The van der Waals surface area contributed by atoms with Gasteiger partial charge in [0.1, 0.15) is 11.5 Å². The lowest BCUT2D eigenvalue weighted by Gasteiger charge is -2.11. The van der Waals surface area contributed by atoms with E-state index in [0.717, 1.165) is 38.8 Å². The summed E-state index contributed by atoms with van der Waals surface area (Å²) in [5.74, 6) is 1.47. The molecule has 0 spiro atoms. The summed E-state index contributed by atoms with van der Waals surface area (Å²) in [5.41, 5.74) is 3.53. The third-order valence-corrected chi connectivity index (χ3v) is 5.62. The van der Waals surface area contributed by atoms with Crippen LogP contribution in [0.1, 0.15) is 5.56 Å². The van der Waals surface area contributed by atoms with Gasteiger partial charge in [0.05, 0.1) is 38.0 Å². The van der Waals surface area contributed by atoms with Gasteiger partial charge in [-0.15, -0.1) is 11.3 Å². The molecule has 0 aliphatic rings. The third-order valence-electron chi connectivity index (χ3n) is 4.10. The summed E-state index contributed by atoms with van der Waals surface area (Å²) < 4.78 is 12.8. The Bertz CT molecular complexity index is 1180. The molecule has 0 unspecified atom stereocenters. The van der Waals surface area contributed by atoms with E-state index in [1.54, 1.807) is 38.0 Å². The maximum Gasteiger partial charge on any atom is 0.211 e. The molecule has 0 amide bonds. The maximum atomic E-state index is 5.58. The van der Waals surface area contributed by atoms with Crippen molar-refractivity contribution in [3.8, 4) is 22.8 Å². The summed E-state index contributed by atoms with van der Waals surface area (Å²) in [6, 6.07) is 11.5. The zero-order chi connectivity index (χ0) is 20.1. The van der Waals surface area contributed by atoms with E-state index in [2.05, 4.69) is 4.98 Å². The van der Waals surface area contributed by atoms with Crippen LogP contribution in [0.5, 0.6) is 11.5 Å². The molecule has 0 bridgehead atoms. The lowest BCUT2D eigenvalue weighted by Crippen LogP contribution is -2.11. The van der Waals surface area contributed by atoms with Crippen LogP contribution in [0.3, 0.4) is 0 Å². The first-order valence-electron chi connectivity index (χ1n) is 8.73. The van der Waals surface area contributed by atoms with Gasteiger partial charge in [-0.3, -0.25) is 4.98 Å². The average Bonchev–Trinajstić information content (AvgIpc) is 3.42. The Hall–Kier alpha value is -3.23. The summed E-state index contributed by atoms with van der Waals surface area (Å²) in [4.78, 5) is 9.59. The van der Waals surface area contributed by atoms with Crippen molar-refractivity contribution in [1.29, 1.82) is 0 Å². The fraction of sp³-hybridized carbons (Fsp3) is 0.0952. The molecule has 8 heteroatoms. The van der Waals surface area contributed by atoms with Crippen LogP contribution >= 0.6 is 22.7 Å². The maximum absolute atomic E-state index is 5.58. The van der Waals surface area contributed by atoms with Crippen LogP contribution < -0.4 is 14.3 Å². The minimum absolute atomic E-state index is 0.726. The first kappa shape index (κ1) is 19.1. The van der Waals surface area contributed by atoms with Crippen molar-refractivity contribution < 1.29 is 9.47 Å². The molecule has 0 radical (unpaired) electrons. The molecule has 4 rings (SSSR count). The van der Waals surface area contributed by atoms with Gasteiger partial charge in [0.25, 0.3) is 0 Å². The Kier molecular flexibility index (Phi) is 5.83. The number of ether oxygens (including phenoxy) is 2. The number of pyridine rings is 1. The zero-order valence-corrected chi connectivity index (χ0v) is 17.5. The molecule has 1 aromatic carbocycles. The van der Waals surface area contributed by atoms with E-state index in [0.29, 0.717) is 0 Å². The summed E-state index contributed by atoms with van der Waals surface area (Å²) in [6.45, 7) is 0. The van der Waals surface area contributed by atoms with Gasteiger partial charge in [0.2, 0.25) is 4.80 Å². The van der Waals surface area contributed by atoms with Crippen LogP contribution in [-0.2, 0) is 0 Å². The molecule has 6 nitrogen and oxygen atoms in total. The van der Waals surface area contributed by atoms with Gasteiger partial charge >= 0.3 is 0 Å². The van der Waals surface area contributed by atoms with E-state index in [1.165, 1.54) is 11.3 Å². The Morgan fingerprint density at radius 2 is 2.03 bits per heavy atom. The molecule has 0 atom stereocenters. The monoisotopic (exact) mass is 422 g/mol. The zero-order valence-electron chi connectivity index (χ0n) is 15.9. The first-order chi connectivity index (χ1) is 14.3.